The van der Waals surface area contributed by atoms with Crippen LogP contribution in [0.4, 0.5) is 0 Å². The van der Waals surface area contributed by atoms with Gasteiger partial charge in [-0.25, -0.2) is 0 Å². The van der Waals surface area contributed by atoms with E-state index in [9.17, 15) is 19.5 Å². The smallest absolute Gasteiger partial charge is 0.312 e. The van der Waals surface area contributed by atoms with E-state index in [0.717, 1.165) is 19.5 Å². The SMILES string of the molecule is C=CCCCOC(=O)[C@@H]1[C@@H]2CCC3(O2)C(C(=O)N(CC=C)CCN2CCOCC2)N(CCO)C(=O)[C@H]13. The number of likely N-dealkylation sites (tertiary alicyclic amines) is 1. The molecule has 5 atom stereocenters. The van der Waals surface area contributed by atoms with Gasteiger partial charge in [0.05, 0.1) is 44.4 Å². The zero-order valence-corrected chi connectivity index (χ0v) is 21.0. The Balaban J connectivity index is 1.54. The zero-order chi connectivity index (χ0) is 25.7. The van der Waals surface area contributed by atoms with E-state index in [0.29, 0.717) is 52.1 Å². The van der Waals surface area contributed by atoms with Gasteiger partial charge >= 0.3 is 5.97 Å². The Hall–Kier alpha value is -2.27. The summed E-state index contributed by atoms with van der Waals surface area (Å²) in [6.07, 6.45) is 5.49. The van der Waals surface area contributed by atoms with Gasteiger partial charge in [0, 0.05) is 39.3 Å². The molecule has 1 N–H and O–H groups in total. The molecule has 4 aliphatic rings. The minimum Gasteiger partial charge on any atom is -0.465 e. The number of aliphatic hydroxyl groups excluding tert-OH is 1. The number of rotatable bonds is 13. The van der Waals surface area contributed by atoms with Gasteiger partial charge in [-0.3, -0.25) is 19.3 Å². The fourth-order valence-electron chi connectivity index (χ4n) is 6.25. The molecule has 10 heteroatoms. The number of allylic oxidation sites excluding steroid dienone is 1. The molecule has 0 saturated carbocycles. The number of β-amino-alcohol motifs (C(OH)–C–C–N with tert-alkyl or cyclic N) is 1. The third kappa shape index (κ3) is 4.96. The first-order valence-corrected chi connectivity index (χ1v) is 13.0. The lowest BCUT2D eigenvalue weighted by Crippen LogP contribution is -2.57. The number of hydrogen-bond acceptors (Lipinski definition) is 8. The maximum atomic E-state index is 14.0. The van der Waals surface area contributed by atoms with Crippen LogP contribution in [0, 0.1) is 11.8 Å². The first-order chi connectivity index (χ1) is 17.5. The van der Waals surface area contributed by atoms with E-state index < -0.39 is 35.6 Å². The molecule has 36 heavy (non-hydrogen) atoms. The summed E-state index contributed by atoms with van der Waals surface area (Å²) in [5.41, 5.74) is -1.09. The van der Waals surface area contributed by atoms with Crippen LogP contribution in [-0.2, 0) is 28.6 Å². The van der Waals surface area contributed by atoms with E-state index in [-0.39, 0.29) is 31.6 Å². The number of carbonyl (C=O) groups is 3. The number of hydrogen-bond donors (Lipinski definition) is 1. The summed E-state index contributed by atoms with van der Waals surface area (Å²) >= 11 is 0. The quantitative estimate of drug-likeness (QED) is 0.215. The average molecular weight is 506 g/mol. The Labute approximate surface area is 212 Å². The van der Waals surface area contributed by atoms with Crippen LogP contribution in [-0.4, -0.2) is 121 Å². The normalized spacial score (nSPS) is 31.4. The maximum absolute atomic E-state index is 14.0. The standard InChI is InChI=1S/C26H39N3O7/c1-3-5-6-16-35-25(33)20-19-7-8-26(36-19)21(20)23(31)29(12-15-30)22(26)24(32)28(9-4-2)11-10-27-13-17-34-18-14-27/h3-4,19-22,30H,1-2,5-18H2/t19-,20+,21-,22?,26?/m0/s1. The first-order valence-electron chi connectivity index (χ1n) is 13.0. The van der Waals surface area contributed by atoms with Crippen molar-refractivity contribution in [2.75, 3.05) is 65.7 Å². The maximum Gasteiger partial charge on any atom is 0.312 e. The van der Waals surface area contributed by atoms with E-state index in [1.165, 1.54) is 4.90 Å². The molecule has 4 fully saturated rings. The number of carbonyl (C=O) groups excluding carboxylic acids is 3. The van der Waals surface area contributed by atoms with Gasteiger partial charge in [0.15, 0.2) is 0 Å². The van der Waals surface area contributed by atoms with Gasteiger partial charge < -0.3 is 29.1 Å². The summed E-state index contributed by atoms with van der Waals surface area (Å²) in [7, 11) is 0. The molecule has 4 aliphatic heterocycles. The predicted octanol–water partition coefficient (Wildman–Crippen LogP) is 0.210. The van der Waals surface area contributed by atoms with Gasteiger partial charge in [0.25, 0.3) is 0 Å². The number of morpholine rings is 1. The number of fused-ring (bicyclic) bond motifs is 1. The Morgan fingerprint density at radius 1 is 1.22 bits per heavy atom. The van der Waals surface area contributed by atoms with Crippen molar-refractivity contribution < 1.29 is 33.7 Å². The van der Waals surface area contributed by atoms with Crippen LogP contribution in [0.25, 0.3) is 0 Å². The zero-order valence-electron chi connectivity index (χ0n) is 21.0. The second kappa shape index (κ2) is 11.9. The van der Waals surface area contributed by atoms with Crippen LogP contribution >= 0.6 is 0 Å². The number of unbranched alkanes of at least 4 members (excludes halogenated alkanes) is 1. The van der Waals surface area contributed by atoms with Gasteiger partial charge in [-0.2, -0.15) is 0 Å². The monoisotopic (exact) mass is 505 g/mol. The van der Waals surface area contributed by atoms with Crippen LogP contribution in [0.5, 0.6) is 0 Å². The highest BCUT2D eigenvalue weighted by Gasteiger charge is 2.75. The summed E-state index contributed by atoms with van der Waals surface area (Å²) in [5, 5.41) is 9.74. The first kappa shape index (κ1) is 26.8. The molecule has 2 unspecified atom stereocenters. The van der Waals surface area contributed by atoms with Crippen LogP contribution in [0.15, 0.2) is 25.3 Å². The van der Waals surface area contributed by atoms with E-state index >= 15 is 0 Å². The van der Waals surface area contributed by atoms with E-state index in [1.807, 2.05) is 0 Å². The molecule has 4 rings (SSSR count). The molecule has 0 aromatic carbocycles. The number of ether oxygens (including phenoxy) is 3. The third-order valence-electron chi connectivity index (χ3n) is 7.90. The number of esters is 1. The predicted molar refractivity (Wildman–Crippen MR) is 131 cm³/mol. The lowest BCUT2D eigenvalue weighted by atomic mass is 9.70. The Kier molecular flexibility index (Phi) is 8.82. The lowest BCUT2D eigenvalue weighted by molar-refractivity contribution is -0.155. The molecular formula is C26H39N3O7. The van der Waals surface area contributed by atoms with E-state index in [4.69, 9.17) is 14.2 Å². The largest absolute Gasteiger partial charge is 0.465 e. The molecule has 0 radical (unpaired) electrons. The van der Waals surface area contributed by atoms with Crippen molar-refractivity contribution in [2.45, 2.75) is 43.4 Å². The highest BCUT2D eigenvalue weighted by Crippen LogP contribution is 2.58. The topological polar surface area (TPSA) is 109 Å². The molecule has 0 aliphatic carbocycles. The molecule has 4 heterocycles. The number of aliphatic hydroxyl groups is 1. The molecule has 200 valence electrons. The second-order valence-corrected chi connectivity index (χ2v) is 9.94. The Morgan fingerprint density at radius 2 is 2.00 bits per heavy atom. The molecule has 0 aromatic rings. The Bertz CT molecular complexity index is 845. The molecule has 10 nitrogen and oxygen atoms in total. The van der Waals surface area contributed by atoms with Crippen molar-refractivity contribution in [1.29, 1.82) is 0 Å². The van der Waals surface area contributed by atoms with Gasteiger partial charge in [-0.05, 0) is 25.7 Å². The van der Waals surface area contributed by atoms with E-state index in [1.54, 1.807) is 17.1 Å². The summed E-state index contributed by atoms with van der Waals surface area (Å²) in [5.74, 6) is -2.52. The van der Waals surface area contributed by atoms with Gasteiger partial charge in [0.2, 0.25) is 11.8 Å². The van der Waals surface area contributed by atoms with E-state index in [2.05, 4.69) is 18.1 Å². The fourth-order valence-corrected chi connectivity index (χ4v) is 6.25. The fraction of sp³-hybridized carbons (Fsp3) is 0.731. The van der Waals surface area contributed by atoms with Crippen molar-refractivity contribution in [3.63, 3.8) is 0 Å². The lowest BCUT2D eigenvalue weighted by Gasteiger charge is -2.37. The molecule has 0 aromatic heterocycles. The summed E-state index contributed by atoms with van der Waals surface area (Å²) in [4.78, 5) is 46.1. The highest BCUT2D eigenvalue weighted by atomic mass is 16.6. The summed E-state index contributed by atoms with van der Waals surface area (Å²) in [6.45, 7) is 11.9. The van der Waals surface area contributed by atoms with Gasteiger partial charge in [-0.1, -0.05) is 12.2 Å². The van der Waals surface area contributed by atoms with Crippen LogP contribution in [0.2, 0.25) is 0 Å². The molecule has 2 bridgehead atoms. The van der Waals surface area contributed by atoms with Crippen LogP contribution < -0.4 is 0 Å². The second-order valence-electron chi connectivity index (χ2n) is 9.94. The average Bonchev–Trinajstić information content (AvgIpc) is 3.52. The van der Waals surface area contributed by atoms with Gasteiger partial charge in [0.1, 0.15) is 11.6 Å². The van der Waals surface area contributed by atoms with Crippen molar-refractivity contribution in [2.24, 2.45) is 11.8 Å². The Morgan fingerprint density at radius 3 is 2.69 bits per heavy atom. The summed E-state index contributed by atoms with van der Waals surface area (Å²) in [6, 6.07) is -0.893. The highest BCUT2D eigenvalue weighted by molar-refractivity contribution is 5.98. The molecule has 2 amide bonds. The van der Waals surface area contributed by atoms with Crippen LogP contribution in [0.1, 0.15) is 25.7 Å². The minimum atomic E-state index is -1.09. The van der Waals surface area contributed by atoms with Crippen molar-refractivity contribution in [1.82, 2.24) is 14.7 Å². The minimum absolute atomic E-state index is 0.00795. The van der Waals surface area contributed by atoms with Crippen molar-refractivity contribution >= 4 is 17.8 Å². The molecular weight excluding hydrogens is 466 g/mol. The number of nitrogens with zero attached hydrogens (tertiary/aromatic N) is 3. The molecule has 4 saturated heterocycles. The summed E-state index contributed by atoms with van der Waals surface area (Å²) < 4.78 is 17.3. The van der Waals surface area contributed by atoms with Crippen molar-refractivity contribution in [3.8, 4) is 0 Å². The molecule has 1 spiro atoms. The number of amides is 2. The van der Waals surface area contributed by atoms with Crippen LogP contribution in [0.3, 0.4) is 0 Å². The third-order valence-corrected chi connectivity index (χ3v) is 7.90. The van der Waals surface area contributed by atoms with Gasteiger partial charge in [-0.15, -0.1) is 13.2 Å². The van der Waals surface area contributed by atoms with Crippen molar-refractivity contribution in [3.05, 3.63) is 25.3 Å².